The van der Waals surface area contributed by atoms with E-state index in [1.807, 2.05) is 0 Å². The van der Waals surface area contributed by atoms with Crippen LogP contribution in [0.2, 0.25) is 0 Å². The van der Waals surface area contributed by atoms with Gasteiger partial charge in [-0.1, -0.05) is 182 Å². The Hall–Kier alpha value is -4.11. The number of benzene rings is 6. The highest BCUT2D eigenvalue weighted by atomic mass is 28.4. The minimum absolute atomic E-state index is 1.04. The molecule has 41 heavy (non-hydrogen) atoms. The molecule has 0 heterocycles. The molecule has 6 rings (SSSR count). The lowest BCUT2D eigenvalue weighted by Crippen LogP contribution is -2.82. The molecule has 0 saturated heterocycles. The van der Waals surface area contributed by atoms with E-state index in [4.69, 9.17) is 0 Å². The zero-order valence-corrected chi connectivity index (χ0v) is 26.4. The summed E-state index contributed by atoms with van der Waals surface area (Å²) in [6, 6.07) is 66.5. The highest BCUT2D eigenvalue weighted by molar-refractivity contribution is 7.15. The number of nitrogens with one attached hydrogen (secondary N) is 2. The minimum Gasteiger partial charge on any atom is -0.342 e. The normalized spacial score (nSPS) is 11.7. The van der Waals surface area contributed by atoms with Gasteiger partial charge in [0.05, 0.1) is 0 Å². The highest BCUT2D eigenvalue weighted by Crippen LogP contribution is 2.07. The van der Waals surface area contributed by atoms with E-state index in [1.165, 1.54) is 31.1 Å². The highest BCUT2D eigenvalue weighted by Gasteiger charge is 2.43. The van der Waals surface area contributed by atoms with E-state index in [2.05, 4.69) is 191 Å². The Morgan fingerprint density at radius 2 is 0.439 bits per heavy atom. The molecule has 0 radical (unpaired) electrons. The van der Waals surface area contributed by atoms with E-state index in [9.17, 15) is 0 Å². The van der Waals surface area contributed by atoms with Gasteiger partial charge in [0.1, 0.15) is 0 Å². The fourth-order valence-electron chi connectivity index (χ4n) is 6.05. The molecule has 0 bridgehead atoms. The first kappa shape index (κ1) is 27.1. The van der Waals surface area contributed by atoms with Crippen LogP contribution in [0.5, 0.6) is 0 Å². The van der Waals surface area contributed by atoms with E-state index in [1.54, 1.807) is 0 Å². The van der Waals surface area contributed by atoms with Crippen molar-refractivity contribution in [2.45, 2.75) is 0 Å². The zero-order chi connectivity index (χ0) is 27.8. The third kappa shape index (κ3) is 5.34. The molecule has 2 N–H and O–H groups in total. The molecule has 0 fully saturated rings. The van der Waals surface area contributed by atoms with Gasteiger partial charge in [0, 0.05) is 0 Å². The molecule has 5 heteroatoms. The standard InChI is InChI=1S/C36H34N2Si3/c1-7-19-31(20-8-1)40(32-21-9-2-10-22-32,33-23-11-3-12-24-33)37-39-38-41(34-25-13-4-14-26-34,35-27-15-5-16-28-35)36-29-17-6-18-30-36/h1-30,37-38H,39H2. The van der Waals surface area contributed by atoms with E-state index in [-0.39, 0.29) is 0 Å². The van der Waals surface area contributed by atoms with Crippen molar-refractivity contribution in [1.82, 2.24) is 9.30 Å². The van der Waals surface area contributed by atoms with Crippen LogP contribution >= 0.6 is 0 Å². The van der Waals surface area contributed by atoms with Crippen LogP contribution in [-0.4, -0.2) is 26.3 Å². The average molecular weight is 579 g/mol. The van der Waals surface area contributed by atoms with Gasteiger partial charge < -0.3 is 9.30 Å². The number of hydrogen-bond donors (Lipinski definition) is 2. The van der Waals surface area contributed by atoms with Crippen molar-refractivity contribution >= 4 is 57.4 Å². The van der Waals surface area contributed by atoms with Crippen molar-refractivity contribution in [2.24, 2.45) is 0 Å². The van der Waals surface area contributed by atoms with Crippen LogP contribution in [-0.2, 0) is 0 Å². The molecule has 0 saturated carbocycles. The molecule has 0 aromatic heterocycles. The fourth-order valence-corrected chi connectivity index (χ4v) is 20.4. The summed E-state index contributed by atoms with van der Waals surface area (Å²) < 4.78 is 8.70. The van der Waals surface area contributed by atoms with E-state index in [0.29, 0.717) is 0 Å². The smallest absolute Gasteiger partial charge is 0.216 e. The Morgan fingerprint density at radius 3 is 0.610 bits per heavy atom. The monoisotopic (exact) mass is 578 g/mol. The zero-order valence-electron chi connectivity index (χ0n) is 23.0. The van der Waals surface area contributed by atoms with Crippen molar-refractivity contribution in [3.05, 3.63) is 182 Å². The lowest BCUT2D eigenvalue weighted by atomic mass is 10.3. The Bertz CT molecular complexity index is 1310. The third-order valence-corrected chi connectivity index (χ3v) is 20.8. The molecule has 0 amide bonds. The molecule has 0 aliphatic rings. The lowest BCUT2D eigenvalue weighted by Gasteiger charge is -2.38. The largest absolute Gasteiger partial charge is 0.342 e. The molecule has 0 aliphatic carbocycles. The predicted molar refractivity (Wildman–Crippen MR) is 183 cm³/mol. The van der Waals surface area contributed by atoms with Crippen molar-refractivity contribution < 1.29 is 0 Å². The van der Waals surface area contributed by atoms with Crippen molar-refractivity contribution in [3.63, 3.8) is 0 Å². The quantitative estimate of drug-likeness (QED) is 0.193. The maximum absolute atomic E-state index is 4.35. The van der Waals surface area contributed by atoms with Crippen molar-refractivity contribution in [2.75, 3.05) is 0 Å². The van der Waals surface area contributed by atoms with Gasteiger partial charge in [0.15, 0.2) is 9.84 Å². The summed E-state index contributed by atoms with van der Waals surface area (Å²) in [4.78, 5) is 0. The SMILES string of the molecule is c1ccc([Si](N[SiH2]N[Si](c2ccccc2)(c2ccccc2)c2ccccc2)(c2ccccc2)c2ccccc2)cc1. The first-order valence-corrected chi connectivity index (χ1v) is 19.6. The van der Waals surface area contributed by atoms with Gasteiger partial charge in [0.25, 0.3) is 0 Å². The number of hydrogen-bond acceptors (Lipinski definition) is 2. The Morgan fingerprint density at radius 1 is 0.268 bits per heavy atom. The molecule has 0 aliphatic heterocycles. The first-order valence-electron chi connectivity index (χ1n) is 14.2. The summed E-state index contributed by atoms with van der Waals surface area (Å²) >= 11 is 0. The van der Waals surface area contributed by atoms with Crippen LogP contribution in [0.4, 0.5) is 0 Å². The second kappa shape index (κ2) is 12.6. The molecule has 2 nitrogen and oxygen atoms in total. The van der Waals surface area contributed by atoms with Crippen LogP contribution in [0.15, 0.2) is 182 Å². The summed E-state index contributed by atoms with van der Waals surface area (Å²) in [6.07, 6.45) is 0. The van der Waals surface area contributed by atoms with Crippen molar-refractivity contribution in [1.29, 1.82) is 0 Å². The molecular formula is C36H34N2Si3. The van der Waals surface area contributed by atoms with E-state index in [0.717, 1.165) is 0 Å². The molecule has 200 valence electrons. The van der Waals surface area contributed by atoms with Crippen LogP contribution < -0.4 is 40.4 Å². The van der Waals surface area contributed by atoms with Gasteiger partial charge in [-0.2, -0.15) is 0 Å². The summed E-state index contributed by atoms with van der Waals surface area (Å²) in [5, 5.41) is 8.24. The van der Waals surface area contributed by atoms with E-state index < -0.39 is 26.3 Å². The van der Waals surface area contributed by atoms with Gasteiger partial charge in [-0.25, -0.2) is 0 Å². The van der Waals surface area contributed by atoms with Gasteiger partial charge in [-0.3, -0.25) is 0 Å². The van der Waals surface area contributed by atoms with Gasteiger partial charge >= 0.3 is 0 Å². The van der Waals surface area contributed by atoms with E-state index >= 15 is 0 Å². The maximum Gasteiger partial charge on any atom is 0.216 e. The second-order valence-electron chi connectivity index (χ2n) is 10.2. The molecule has 6 aromatic carbocycles. The second-order valence-corrected chi connectivity index (χ2v) is 19.9. The Labute approximate surface area is 247 Å². The molecule has 6 aromatic rings. The predicted octanol–water partition coefficient (Wildman–Crippen LogP) is 2.50. The minimum atomic E-state index is -2.55. The fraction of sp³-hybridized carbons (Fsp3) is 0. The summed E-state index contributed by atoms with van der Waals surface area (Å²) in [7, 11) is -6.15. The molecule has 0 atom stereocenters. The summed E-state index contributed by atoms with van der Waals surface area (Å²) in [6.45, 7) is 0. The average Bonchev–Trinajstić information content (AvgIpc) is 3.08. The van der Waals surface area contributed by atoms with Crippen LogP contribution in [0.25, 0.3) is 0 Å². The van der Waals surface area contributed by atoms with Crippen LogP contribution in [0.3, 0.4) is 0 Å². The number of rotatable bonds is 10. The topological polar surface area (TPSA) is 24.1 Å². The molecule has 0 spiro atoms. The molecule has 0 unspecified atom stereocenters. The van der Waals surface area contributed by atoms with Crippen LogP contribution in [0.1, 0.15) is 0 Å². The lowest BCUT2D eigenvalue weighted by molar-refractivity contribution is 1.35. The third-order valence-electron chi connectivity index (χ3n) is 7.95. The van der Waals surface area contributed by atoms with Gasteiger partial charge in [0.2, 0.25) is 16.5 Å². The Balaban J connectivity index is 1.50. The van der Waals surface area contributed by atoms with Gasteiger partial charge in [-0.05, 0) is 31.1 Å². The summed E-state index contributed by atoms with van der Waals surface area (Å²) in [5.41, 5.74) is 0. The molecular weight excluding hydrogens is 545 g/mol. The first-order chi connectivity index (χ1) is 20.3. The van der Waals surface area contributed by atoms with Crippen molar-refractivity contribution in [3.8, 4) is 0 Å². The van der Waals surface area contributed by atoms with Crippen LogP contribution in [0, 0.1) is 0 Å². The van der Waals surface area contributed by atoms with Gasteiger partial charge in [-0.15, -0.1) is 0 Å². The Kier molecular flexibility index (Phi) is 8.32. The maximum atomic E-state index is 4.35. The summed E-state index contributed by atoms with van der Waals surface area (Å²) in [5.74, 6) is 0.